The monoisotopic (exact) mass is 465 g/mol. The summed E-state index contributed by atoms with van der Waals surface area (Å²) in [6, 6.07) is 17.8. The number of aryl methyl sites for hydroxylation is 1. The maximum absolute atomic E-state index is 14.4. The largest absolute Gasteiger partial charge is 0.323 e. The van der Waals surface area contributed by atoms with Gasteiger partial charge in [-0.2, -0.15) is 0 Å². The predicted molar refractivity (Wildman–Crippen MR) is 125 cm³/mol. The fraction of sp³-hybridized carbons (Fsp3) is 0.200. The van der Waals surface area contributed by atoms with Crippen LogP contribution in [-0.4, -0.2) is 29.1 Å². The smallest absolute Gasteiger partial charge is 0.308 e. The first kappa shape index (κ1) is 21.5. The van der Waals surface area contributed by atoms with Crippen molar-refractivity contribution in [3.8, 4) is 0 Å². The number of para-hydroxylation sites is 1. The molecule has 0 radical (unpaired) electrons. The van der Waals surface area contributed by atoms with Gasteiger partial charge in [-0.3, -0.25) is 9.69 Å². The summed E-state index contributed by atoms with van der Waals surface area (Å²) >= 11 is 1.37. The van der Waals surface area contributed by atoms with Crippen molar-refractivity contribution in [3.63, 3.8) is 0 Å². The Morgan fingerprint density at radius 1 is 1.06 bits per heavy atom. The average Bonchev–Trinajstić information content (AvgIpc) is 3.34. The zero-order valence-corrected chi connectivity index (χ0v) is 18.7. The lowest BCUT2D eigenvalue weighted by molar-refractivity contribution is -0.123. The summed E-state index contributed by atoms with van der Waals surface area (Å²) in [4.78, 5) is 28.9. The molecule has 2 aliphatic heterocycles. The molecule has 3 aromatic rings. The number of nitrogens with zero attached hydrogens (tertiary/aromatic N) is 2. The van der Waals surface area contributed by atoms with Crippen LogP contribution in [0.1, 0.15) is 16.7 Å². The van der Waals surface area contributed by atoms with Gasteiger partial charge in [0.15, 0.2) is 4.87 Å². The van der Waals surface area contributed by atoms with Crippen LogP contribution in [0.5, 0.6) is 0 Å². The van der Waals surface area contributed by atoms with Crippen LogP contribution in [0.2, 0.25) is 0 Å². The summed E-state index contributed by atoms with van der Waals surface area (Å²) in [5.74, 6) is -1.25. The van der Waals surface area contributed by atoms with Gasteiger partial charge in [-0.05, 0) is 37.3 Å². The fourth-order valence-electron chi connectivity index (χ4n) is 4.44. The Labute approximate surface area is 194 Å². The molecule has 0 unspecified atom stereocenters. The third-order valence-corrected chi connectivity index (χ3v) is 7.42. The van der Waals surface area contributed by atoms with Gasteiger partial charge in [0.1, 0.15) is 11.6 Å². The Bertz CT molecular complexity index is 1230. The molecule has 3 amide bonds. The Kier molecular flexibility index (Phi) is 5.32. The molecule has 2 aliphatic rings. The number of thioether (sulfide) groups is 1. The number of carbonyl (C=O) groups excluding carboxylic acids is 2. The van der Waals surface area contributed by atoms with Crippen LogP contribution in [-0.2, 0) is 16.2 Å². The molecular weight excluding hydrogens is 444 g/mol. The van der Waals surface area contributed by atoms with Crippen molar-refractivity contribution in [3.05, 3.63) is 95.1 Å². The summed E-state index contributed by atoms with van der Waals surface area (Å²) in [5.41, 5.74) is 2.58. The molecule has 5 nitrogen and oxygen atoms in total. The summed E-state index contributed by atoms with van der Waals surface area (Å²) in [7, 11) is 0. The van der Waals surface area contributed by atoms with Crippen molar-refractivity contribution in [2.24, 2.45) is 0 Å². The lowest BCUT2D eigenvalue weighted by atomic mass is 10.0. The van der Waals surface area contributed by atoms with Gasteiger partial charge in [-0.1, -0.05) is 42.0 Å². The van der Waals surface area contributed by atoms with Crippen LogP contribution in [0.15, 0.2) is 66.7 Å². The third-order valence-electron chi connectivity index (χ3n) is 6.00. The second-order valence-corrected chi connectivity index (χ2v) is 9.34. The summed E-state index contributed by atoms with van der Waals surface area (Å²) in [5, 5.41) is 2.87. The Balaban J connectivity index is 1.57. The van der Waals surface area contributed by atoms with Gasteiger partial charge in [0, 0.05) is 29.1 Å². The van der Waals surface area contributed by atoms with Gasteiger partial charge < -0.3 is 10.2 Å². The van der Waals surface area contributed by atoms with E-state index in [4.69, 9.17) is 0 Å². The van der Waals surface area contributed by atoms with E-state index in [1.54, 1.807) is 18.2 Å². The molecule has 0 saturated carbocycles. The van der Waals surface area contributed by atoms with E-state index in [2.05, 4.69) is 5.32 Å². The quantitative estimate of drug-likeness (QED) is 0.575. The van der Waals surface area contributed by atoms with Crippen LogP contribution >= 0.6 is 11.8 Å². The predicted octanol–water partition coefficient (Wildman–Crippen LogP) is 5.25. The summed E-state index contributed by atoms with van der Waals surface area (Å²) < 4.78 is 28.9. The van der Waals surface area contributed by atoms with Crippen molar-refractivity contribution < 1.29 is 18.4 Å². The highest BCUT2D eigenvalue weighted by atomic mass is 32.2. The van der Waals surface area contributed by atoms with E-state index in [1.165, 1.54) is 39.8 Å². The number of fused-ring (bicyclic) bond motifs is 2. The second kappa shape index (κ2) is 8.19. The van der Waals surface area contributed by atoms with E-state index < -0.39 is 22.5 Å². The topological polar surface area (TPSA) is 52.7 Å². The fourth-order valence-corrected chi connectivity index (χ4v) is 5.89. The number of carbonyl (C=O) groups is 2. The minimum Gasteiger partial charge on any atom is -0.308 e. The molecule has 2 heterocycles. The van der Waals surface area contributed by atoms with Gasteiger partial charge in [-0.15, -0.1) is 11.8 Å². The molecule has 0 aliphatic carbocycles. The number of benzene rings is 3. The number of hydrogen-bond donors (Lipinski definition) is 1. The first-order valence-corrected chi connectivity index (χ1v) is 11.5. The van der Waals surface area contributed by atoms with Crippen molar-refractivity contribution in [1.82, 2.24) is 4.90 Å². The lowest BCUT2D eigenvalue weighted by Gasteiger charge is -2.33. The number of anilines is 2. The van der Waals surface area contributed by atoms with Crippen LogP contribution in [0.3, 0.4) is 0 Å². The highest BCUT2D eigenvalue weighted by molar-refractivity contribution is 8.01. The van der Waals surface area contributed by atoms with Crippen LogP contribution in [0.25, 0.3) is 0 Å². The maximum atomic E-state index is 14.4. The van der Waals surface area contributed by atoms with Crippen LogP contribution in [0.4, 0.5) is 25.0 Å². The molecule has 168 valence electrons. The first-order chi connectivity index (χ1) is 15.9. The van der Waals surface area contributed by atoms with Crippen LogP contribution < -0.4 is 10.2 Å². The highest BCUT2D eigenvalue weighted by Crippen LogP contribution is 2.54. The normalized spacial score (nSPS) is 19.3. The molecule has 5 rings (SSSR count). The molecule has 1 N–H and O–H groups in total. The van der Waals surface area contributed by atoms with Crippen LogP contribution in [0, 0.1) is 18.6 Å². The maximum Gasteiger partial charge on any atom is 0.323 e. The zero-order chi connectivity index (χ0) is 23.2. The van der Waals surface area contributed by atoms with Crippen molar-refractivity contribution in [2.45, 2.75) is 18.3 Å². The lowest BCUT2D eigenvalue weighted by Crippen LogP contribution is -2.51. The Hall–Kier alpha value is -3.39. The van der Waals surface area contributed by atoms with E-state index in [9.17, 15) is 18.4 Å². The standard InChI is InChI=1S/C25H21F2N3O2S/c1-16-10-11-22-19(14-16)25(23(31)29(22)15-18-20(26)8-5-9-21(18)27)30(12-13-33-25)24(32)28-17-6-3-2-4-7-17/h2-11,14H,12-13,15H2,1H3,(H,28,32)/t25-/m1/s1. The molecule has 8 heteroatoms. The van der Waals surface area contributed by atoms with E-state index in [0.29, 0.717) is 29.2 Å². The molecule has 1 fully saturated rings. The molecule has 33 heavy (non-hydrogen) atoms. The molecule has 3 aromatic carbocycles. The van der Waals surface area contributed by atoms with Gasteiger partial charge in [0.2, 0.25) is 0 Å². The summed E-state index contributed by atoms with van der Waals surface area (Å²) in [6.45, 7) is 2.01. The molecule has 1 atom stereocenters. The van der Waals surface area contributed by atoms with E-state index in [1.807, 2.05) is 37.3 Å². The van der Waals surface area contributed by atoms with Gasteiger partial charge in [0.05, 0.1) is 12.2 Å². The highest BCUT2D eigenvalue weighted by Gasteiger charge is 2.59. The number of hydrogen-bond acceptors (Lipinski definition) is 3. The average molecular weight is 466 g/mol. The molecule has 0 aromatic heterocycles. The van der Waals surface area contributed by atoms with Gasteiger partial charge >= 0.3 is 6.03 Å². The number of halogens is 2. The molecule has 1 spiro atoms. The molecule has 1 saturated heterocycles. The van der Waals surface area contributed by atoms with Gasteiger partial charge in [0.25, 0.3) is 5.91 Å². The Morgan fingerprint density at radius 2 is 1.79 bits per heavy atom. The number of nitrogens with one attached hydrogen (secondary N) is 1. The molecule has 0 bridgehead atoms. The number of amides is 3. The number of urea groups is 1. The molecular formula is C25H21F2N3O2S. The van der Waals surface area contributed by atoms with Crippen molar-refractivity contribution in [2.75, 3.05) is 22.5 Å². The zero-order valence-electron chi connectivity index (χ0n) is 17.8. The van der Waals surface area contributed by atoms with Gasteiger partial charge in [-0.25, -0.2) is 13.6 Å². The third kappa shape index (κ3) is 3.45. The minimum absolute atomic E-state index is 0.183. The van der Waals surface area contributed by atoms with E-state index in [-0.39, 0.29) is 18.0 Å². The first-order valence-electron chi connectivity index (χ1n) is 10.6. The van der Waals surface area contributed by atoms with Crippen molar-refractivity contribution in [1.29, 1.82) is 0 Å². The second-order valence-electron chi connectivity index (χ2n) is 8.05. The SMILES string of the molecule is Cc1ccc2c(c1)[C@@]1(SCCN1C(=O)Nc1ccccc1)C(=O)N2Cc1c(F)cccc1F. The van der Waals surface area contributed by atoms with E-state index >= 15 is 0 Å². The van der Waals surface area contributed by atoms with Crippen molar-refractivity contribution >= 4 is 35.1 Å². The summed E-state index contributed by atoms with van der Waals surface area (Å²) in [6.07, 6.45) is 0. The number of rotatable bonds is 3. The van der Waals surface area contributed by atoms with E-state index in [0.717, 1.165) is 5.56 Å². The Morgan fingerprint density at radius 3 is 2.52 bits per heavy atom. The minimum atomic E-state index is -1.29.